The first-order valence-corrected chi connectivity index (χ1v) is 7.27. The summed E-state index contributed by atoms with van der Waals surface area (Å²) >= 11 is 0. The zero-order valence-electron chi connectivity index (χ0n) is 13.5. The number of nitro groups is 1. The summed E-state index contributed by atoms with van der Waals surface area (Å²) in [6, 6.07) is 13.5. The molecule has 0 radical (unpaired) electrons. The van der Waals surface area contributed by atoms with Gasteiger partial charge in [0.25, 0.3) is 5.69 Å². The lowest BCUT2D eigenvalue weighted by Gasteiger charge is -2.16. The van der Waals surface area contributed by atoms with Crippen LogP contribution < -0.4 is 9.47 Å². The highest BCUT2D eigenvalue weighted by molar-refractivity contribution is 5.40. The summed E-state index contributed by atoms with van der Waals surface area (Å²) in [5, 5.41) is 10.7. The van der Waals surface area contributed by atoms with Crippen LogP contribution in [0.2, 0.25) is 0 Å². The molecule has 7 nitrogen and oxygen atoms in total. The molecule has 7 heteroatoms. The van der Waals surface area contributed by atoms with E-state index in [1.807, 2.05) is 12.1 Å². The van der Waals surface area contributed by atoms with Gasteiger partial charge in [-0.05, 0) is 29.8 Å². The first kappa shape index (κ1) is 17.7. The zero-order valence-corrected chi connectivity index (χ0v) is 13.5. The number of benzene rings is 2. The smallest absolute Gasteiger partial charge is 0.269 e. The van der Waals surface area contributed by atoms with Gasteiger partial charge in [-0.2, -0.15) is 0 Å². The Hall–Kier alpha value is -2.64. The molecule has 24 heavy (non-hydrogen) atoms. The molecule has 0 N–H and O–H groups in total. The highest BCUT2D eigenvalue weighted by Crippen LogP contribution is 2.27. The van der Waals surface area contributed by atoms with Crippen LogP contribution in [0.4, 0.5) is 5.69 Å². The molecule has 2 aromatic rings. The quantitative estimate of drug-likeness (QED) is 0.398. The van der Waals surface area contributed by atoms with Gasteiger partial charge in [0.05, 0.1) is 4.92 Å². The molecule has 0 amide bonds. The lowest BCUT2D eigenvalue weighted by molar-refractivity contribution is -0.384. The van der Waals surface area contributed by atoms with E-state index in [1.165, 1.54) is 26.4 Å². The van der Waals surface area contributed by atoms with E-state index >= 15 is 0 Å². The molecule has 0 atom stereocenters. The molecule has 0 aliphatic heterocycles. The number of hydrogen-bond donors (Lipinski definition) is 0. The van der Waals surface area contributed by atoms with Gasteiger partial charge in [-0.25, -0.2) is 0 Å². The van der Waals surface area contributed by atoms with Gasteiger partial charge in [0, 0.05) is 26.4 Å². The second kappa shape index (κ2) is 8.85. The summed E-state index contributed by atoms with van der Waals surface area (Å²) in [6.45, 7) is 0.501. The predicted octanol–water partition coefficient (Wildman–Crippen LogP) is 3.17. The van der Waals surface area contributed by atoms with Gasteiger partial charge in [-0.1, -0.05) is 12.1 Å². The lowest BCUT2D eigenvalue weighted by Crippen LogP contribution is -2.22. The van der Waals surface area contributed by atoms with Gasteiger partial charge < -0.3 is 18.9 Å². The number of rotatable bonds is 9. The average molecular weight is 333 g/mol. The average Bonchev–Trinajstić information content (AvgIpc) is 2.62. The van der Waals surface area contributed by atoms with Gasteiger partial charge in [-0.15, -0.1) is 0 Å². The number of methoxy groups -OCH3 is 2. The first-order valence-electron chi connectivity index (χ1n) is 7.27. The minimum atomic E-state index is -0.465. The fraction of sp³-hybridized carbons (Fsp3) is 0.294. The van der Waals surface area contributed by atoms with Crippen molar-refractivity contribution in [2.75, 3.05) is 20.8 Å². The largest absolute Gasteiger partial charge is 0.485 e. The van der Waals surface area contributed by atoms with Crippen molar-refractivity contribution in [3.63, 3.8) is 0 Å². The Kier molecular flexibility index (Phi) is 6.53. The maximum absolute atomic E-state index is 10.7. The molecule has 0 unspecified atom stereocenters. The third-order valence-corrected chi connectivity index (χ3v) is 3.29. The zero-order chi connectivity index (χ0) is 17.4. The third kappa shape index (κ3) is 4.94. The number of para-hydroxylation sites is 2. The maximum Gasteiger partial charge on any atom is 0.269 e. The number of non-ortho nitro benzene ring substituents is 1. The number of nitro benzene ring substituents is 1. The highest BCUT2D eigenvalue weighted by atomic mass is 16.7. The predicted molar refractivity (Wildman–Crippen MR) is 87.2 cm³/mol. The van der Waals surface area contributed by atoms with Gasteiger partial charge in [-0.3, -0.25) is 10.1 Å². The molecular formula is C17H19NO6. The number of nitrogens with zero attached hydrogens (tertiary/aromatic N) is 1. The van der Waals surface area contributed by atoms with E-state index in [0.29, 0.717) is 11.5 Å². The van der Waals surface area contributed by atoms with E-state index in [-0.39, 0.29) is 18.9 Å². The second-order valence-corrected chi connectivity index (χ2v) is 4.87. The normalized spacial score (nSPS) is 10.6. The standard InChI is InChI=1S/C17H19NO6/c1-21-17(22-2)12-24-16-6-4-3-5-15(16)23-11-13-7-9-14(10-8-13)18(19)20/h3-10,17H,11-12H2,1-2H3. The van der Waals surface area contributed by atoms with Crippen molar-refractivity contribution in [2.24, 2.45) is 0 Å². The molecule has 0 saturated carbocycles. The Morgan fingerprint density at radius 1 is 0.958 bits per heavy atom. The maximum atomic E-state index is 10.7. The molecule has 0 heterocycles. The van der Waals surface area contributed by atoms with Crippen molar-refractivity contribution in [3.8, 4) is 11.5 Å². The van der Waals surface area contributed by atoms with Gasteiger partial charge >= 0.3 is 0 Å². The van der Waals surface area contributed by atoms with Gasteiger partial charge in [0.15, 0.2) is 17.8 Å². The van der Waals surface area contributed by atoms with Crippen LogP contribution in [-0.4, -0.2) is 32.0 Å². The Balaban J connectivity index is 1.98. The summed E-state index contributed by atoms with van der Waals surface area (Å²) in [6.07, 6.45) is -0.465. The number of ether oxygens (including phenoxy) is 4. The van der Waals surface area contributed by atoms with Crippen molar-refractivity contribution in [1.29, 1.82) is 0 Å². The molecule has 0 aliphatic rings. The molecule has 2 aromatic carbocycles. The molecule has 0 bridgehead atoms. The monoisotopic (exact) mass is 333 g/mol. The first-order chi connectivity index (χ1) is 11.6. The fourth-order valence-corrected chi connectivity index (χ4v) is 1.95. The summed E-state index contributed by atoms with van der Waals surface area (Å²) in [4.78, 5) is 10.2. The van der Waals surface area contributed by atoms with Crippen molar-refractivity contribution in [1.82, 2.24) is 0 Å². The second-order valence-electron chi connectivity index (χ2n) is 4.87. The van der Waals surface area contributed by atoms with Crippen LogP contribution in [0, 0.1) is 10.1 Å². The molecule has 0 aromatic heterocycles. The van der Waals surface area contributed by atoms with Crippen LogP contribution in [0.1, 0.15) is 5.56 Å². The van der Waals surface area contributed by atoms with E-state index in [9.17, 15) is 10.1 Å². The van der Waals surface area contributed by atoms with Crippen LogP contribution in [0.5, 0.6) is 11.5 Å². The van der Waals surface area contributed by atoms with Crippen molar-refractivity contribution >= 4 is 5.69 Å². The topological polar surface area (TPSA) is 80.1 Å². The Morgan fingerprint density at radius 3 is 2.08 bits per heavy atom. The van der Waals surface area contributed by atoms with E-state index in [0.717, 1.165) is 5.56 Å². The van der Waals surface area contributed by atoms with Crippen molar-refractivity contribution in [3.05, 3.63) is 64.2 Å². The van der Waals surface area contributed by atoms with E-state index < -0.39 is 11.2 Å². The van der Waals surface area contributed by atoms with Gasteiger partial charge in [0.2, 0.25) is 0 Å². The molecular weight excluding hydrogens is 314 g/mol. The molecule has 2 rings (SSSR count). The van der Waals surface area contributed by atoms with Crippen LogP contribution in [0.15, 0.2) is 48.5 Å². The van der Waals surface area contributed by atoms with E-state index in [4.69, 9.17) is 18.9 Å². The Labute approximate surface area is 139 Å². The van der Waals surface area contributed by atoms with Gasteiger partial charge in [0.1, 0.15) is 13.2 Å². The van der Waals surface area contributed by atoms with Crippen molar-refractivity contribution in [2.45, 2.75) is 12.9 Å². The third-order valence-electron chi connectivity index (χ3n) is 3.29. The summed E-state index contributed by atoms with van der Waals surface area (Å²) in [5.74, 6) is 1.14. The van der Waals surface area contributed by atoms with Crippen LogP contribution in [0.3, 0.4) is 0 Å². The molecule has 128 valence electrons. The van der Waals surface area contributed by atoms with E-state index in [1.54, 1.807) is 24.3 Å². The van der Waals surface area contributed by atoms with Crippen molar-refractivity contribution < 1.29 is 23.9 Å². The Morgan fingerprint density at radius 2 is 1.54 bits per heavy atom. The minimum Gasteiger partial charge on any atom is -0.485 e. The minimum absolute atomic E-state index is 0.0488. The summed E-state index contributed by atoms with van der Waals surface area (Å²) < 4.78 is 21.6. The molecule has 0 spiro atoms. The molecule has 0 aliphatic carbocycles. The summed E-state index contributed by atoms with van der Waals surface area (Å²) in [7, 11) is 3.07. The fourth-order valence-electron chi connectivity index (χ4n) is 1.95. The van der Waals surface area contributed by atoms with Crippen LogP contribution >= 0.6 is 0 Å². The Bertz CT molecular complexity index is 654. The van der Waals surface area contributed by atoms with E-state index in [2.05, 4.69) is 0 Å². The highest BCUT2D eigenvalue weighted by Gasteiger charge is 2.10. The van der Waals surface area contributed by atoms with Crippen LogP contribution in [-0.2, 0) is 16.1 Å². The molecule has 0 fully saturated rings. The molecule has 0 saturated heterocycles. The number of hydrogen-bond acceptors (Lipinski definition) is 6. The summed E-state index contributed by atoms with van der Waals surface area (Å²) in [5.41, 5.74) is 0.870. The lowest BCUT2D eigenvalue weighted by atomic mass is 10.2. The SMILES string of the molecule is COC(COc1ccccc1OCc1ccc([N+](=O)[O-])cc1)OC. The van der Waals surface area contributed by atoms with Crippen LogP contribution in [0.25, 0.3) is 0 Å².